The molecule has 0 amide bonds. The van der Waals surface area contributed by atoms with E-state index in [1.807, 2.05) is 0 Å². The smallest absolute Gasteiger partial charge is 0.317 e. The number of aromatic nitrogens is 8. The fourth-order valence-electron chi connectivity index (χ4n) is 5.27. The number of ether oxygens (including phenoxy) is 1. The number of hydrogen-bond acceptors (Lipinski definition) is 9. The molecule has 232 valence electrons. The van der Waals surface area contributed by atoms with Gasteiger partial charge in [0.2, 0.25) is 0 Å². The van der Waals surface area contributed by atoms with Gasteiger partial charge in [-0.2, -0.15) is 23.5 Å². The summed E-state index contributed by atoms with van der Waals surface area (Å²) in [7, 11) is -3.93. The van der Waals surface area contributed by atoms with Gasteiger partial charge in [0.25, 0.3) is 0 Å². The van der Waals surface area contributed by atoms with Crippen LogP contribution in [0.2, 0.25) is 0 Å². The number of aryl methyl sites for hydroxylation is 2. The Labute approximate surface area is 262 Å². The topological polar surface area (TPSA) is 131 Å². The molecule has 0 spiro atoms. The first-order valence-electron chi connectivity index (χ1n) is 14.6. The van der Waals surface area contributed by atoms with Crippen LogP contribution in [0.1, 0.15) is 48.7 Å². The van der Waals surface area contributed by atoms with Gasteiger partial charge in [-0.25, -0.2) is 13.8 Å². The summed E-state index contributed by atoms with van der Waals surface area (Å²) in [5, 5.41) is 9.65. The van der Waals surface area contributed by atoms with Crippen molar-refractivity contribution in [1.82, 2.24) is 38.9 Å². The number of fused-ring (bicyclic) bond motifs is 2. The van der Waals surface area contributed by atoms with E-state index in [1.165, 1.54) is 29.3 Å². The number of pyridine rings is 1. The van der Waals surface area contributed by atoms with Crippen molar-refractivity contribution in [2.75, 3.05) is 6.61 Å². The maximum atomic E-state index is 16.0. The van der Waals surface area contributed by atoms with Crippen LogP contribution < -0.4 is 4.74 Å². The molecule has 0 radical (unpaired) electrons. The van der Waals surface area contributed by atoms with E-state index in [0.717, 1.165) is 16.9 Å². The van der Waals surface area contributed by atoms with Gasteiger partial charge in [0, 0.05) is 41.2 Å². The largest absolute Gasteiger partial charge is 0.463 e. The predicted octanol–water partition coefficient (Wildman–Crippen LogP) is 5.17. The van der Waals surface area contributed by atoms with Gasteiger partial charge in [-0.05, 0) is 50.1 Å². The number of nitrogens with zero attached hydrogens (tertiary/aromatic N) is 8. The fraction of sp³-hybridized carbons (Fsp3) is 0.250. The zero-order valence-corrected chi connectivity index (χ0v) is 25.4. The summed E-state index contributed by atoms with van der Waals surface area (Å²) in [6.45, 7) is 2.38. The first-order valence-corrected chi connectivity index (χ1v) is 16.0. The normalized spacial score (nSPS) is 13.3. The summed E-state index contributed by atoms with van der Waals surface area (Å²) in [6.07, 6.45) is 13.0. The maximum absolute atomic E-state index is 16.0. The van der Waals surface area contributed by atoms with Crippen LogP contribution in [0.3, 0.4) is 0 Å². The molecule has 0 bridgehead atoms. The number of terminal acetylenes is 1. The quantitative estimate of drug-likeness (QED) is 0.147. The fourth-order valence-corrected chi connectivity index (χ4v) is 6.26. The number of rotatable bonds is 10. The molecular formula is C32H26F2N8O3S. The second kappa shape index (κ2) is 11.6. The van der Waals surface area contributed by atoms with Crippen molar-refractivity contribution in [1.29, 1.82) is 0 Å². The third-order valence-electron chi connectivity index (χ3n) is 7.82. The van der Waals surface area contributed by atoms with Crippen LogP contribution in [0.4, 0.5) is 8.78 Å². The average Bonchev–Trinajstić information content (AvgIpc) is 3.55. The average molecular weight is 641 g/mol. The summed E-state index contributed by atoms with van der Waals surface area (Å²) in [5.74, 6) is 1.87. The van der Waals surface area contributed by atoms with Crippen LogP contribution >= 0.6 is 0 Å². The van der Waals surface area contributed by atoms with E-state index in [9.17, 15) is 12.8 Å². The Hall–Kier alpha value is -5.29. The van der Waals surface area contributed by atoms with E-state index in [2.05, 4.69) is 36.1 Å². The van der Waals surface area contributed by atoms with Crippen molar-refractivity contribution in [3.8, 4) is 29.6 Å². The second-order valence-electron chi connectivity index (χ2n) is 11.0. The minimum atomic E-state index is -3.93. The molecular weight excluding hydrogens is 614 g/mol. The summed E-state index contributed by atoms with van der Waals surface area (Å²) < 4.78 is 64.5. The molecule has 4 heterocycles. The minimum absolute atomic E-state index is 0.000181. The number of benzene rings is 2. The molecule has 46 heavy (non-hydrogen) atoms. The van der Waals surface area contributed by atoms with Crippen molar-refractivity contribution in [2.24, 2.45) is 0 Å². The molecule has 4 aromatic heterocycles. The third-order valence-corrected chi connectivity index (χ3v) is 9.23. The zero-order chi connectivity index (χ0) is 32.0. The van der Waals surface area contributed by atoms with Gasteiger partial charge in [-0.1, -0.05) is 30.2 Å². The molecule has 11 nitrogen and oxygen atoms in total. The van der Waals surface area contributed by atoms with E-state index >= 15 is 4.39 Å². The van der Waals surface area contributed by atoms with Crippen molar-refractivity contribution in [3.05, 3.63) is 83.8 Å². The van der Waals surface area contributed by atoms with Crippen LogP contribution in [0.15, 0.2) is 60.1 Å². The Bertz CT molecular complexity index is 2290. The molecule has 0 unspecified atom stereocenters. The lowest BCUT2D eigenvalue weighted by atomic mass is 9.96. The Kier molecular flexibility index (Phi) is 7.40. The standard InChI is InChI=1S/C32H26F2N8O3S/c1-3-22-25(33)12-11-20-7-6-8-23(27(20)22)29-28(34)30-24(17-35-29)19(2)37-32(38-30)45-16-5-4-14-41-15-13-26(39-41)46(43,44)42-18-36-31(40-42)21-9-10-21/h1,6-8,11-13,15,17-18,21H,4-5,9-10,14,16H2,2H3. The third kappa shape index (κ3) is 5.32. The van der Waals surface area contributed by atoms with Gasteiger partial charge < -0.3 is 4.74 Å². The molecule has 1 fully saturated rings. The van der Waals surface area contributed by atoms with E-state index in [0.29, 0.717) is 52.6 Å². The van der Waals surface area contributed by atoms with E-state index in [1.54, 1.807) is 37.4 Å². The van der Waals surface area contributed by atoms with Gasteiger partial charge in [0.1, 0.15) is 23.4 Å². The second-order valence-corrected chi connectivity index (χ2v) is 12.7. The molecule has 0 N–H and O–H groups in total. The summed E-state index contributed by atoms with van der Waals surface area (Å²) in [6, 6.07) is 9.44. The maximum Gasteiger partial charge on any atom is 0.317 e. The van der Waals surface area contributed by atoms with E-state index < -0.39 is 21.7 Å². The highest BCUT2D eigenvalue weighted by Gasteiger charge is 2.30. The Balaban J connectivity index is 1.04. The highest BCUT2D eigenvalue weighted by molar-refractivity contribution is 7.89. The van der Waals surface area contributed by atoms with Crippen molar-refractivity contribution < 1.29 is 21.9 Å². The first-order chi connectivity index (χ1) is 22.2. The van der Waals surface area contributed by atoms with Gasteiger partial charge in [0.15, 0.2) is 16.7 Å². The molecule has 14 heteroatoms. The van der Waals surface area contributed by atoms with Gasteiger partial charge in [0.05, 0.1) is 17.9 Å². The van der Waals surface area contributed by atoms with Crippen molar-refractivity contribution in [3.63, 3.8) is 0 Å². The van der Waals surface area contributed by atoms with Crippen molar-refractivity contribution >= 4 is 31.7 Å². The van der Waals surface area contributed by atoms with Gasteiger partial charge >= 0.3 is 16.0 Å². The summed E-state index contributed by atoms with van der Waals surface area (Å²) in [4.78, 5) is 17.1. The summed E-state index contributed by atoms with van der Waals surface area (Å²) in [5.41, 5.74) is 0.861. The molecule has 0 saturated heterocycles. The van der Waals surface area contributed by atoms with Crippen LogP contribution in [0, 0.1) is 30.9 Å². The SMILES string of the molecule is C#Cc1c(F)ccc2cccc(-c3ncc4c(C)nc(OCCCCn5ccc(S(=O)(=O)n6cnc(C7CC7)n6)n5)nc4c3F)c12. The number of halogens is 2. The van der Waals surface area contributed by atoms with Crippen molar-refractivity contribution in [2.45, 2.75) is 50.1 Å². The Morgan fingerprint density at radius 3 is 2.72 bits per heavy atom. The molecule has 1 saturated carbocycles. The molecule has 7 rings (SSSR count). The minimum Gasteiger partial charge on any atom is -0.463 e. The lowest BCUT2D eigenvalue weighted by molar-refractivity contribution is 0.279. The summed E-state index contributed by atoms with van der Waals surface area (Å²) >= 11 is 0. The highest BCUT2D eigenvalue weighted by Crippen LogP contribution is 2.38. The number of unbranched alkanes of at least 4 members (excludes halogenated alkanes) is 1. The Morgan fingerprint density at radius 1 is 1.07 bits per heavy atom. The number of hydrogen-bond donors (Lipinski definition) is 0. The molecule has 0 atom stereocenters. The first kappa shape index (κ1) is 29.4. The lowest BCUT2D eigenvalue weighted by Crippen LogP contribution is -2.15. The molecule has 1 aliphatic rings. The molecule has 0 aliphatic heterocycles. The predicted molar refractivity (Wildman–Crippen MR) is 164 cm³/mol. The Morgan fingerprint density at radius 2 is 1.91 bits per heavy atom. The van der Waals surface area contributed by atoms with Crippen LogP contribution in [-0.2, 0) is 16.6 Å². The molecule has 1 aliphatic carbocycles. The zero-order valence-electron chi connectivity index (χ0n) is 24.6. The van der Waals surface area contributed by atoms with E-state index in [-0.39, 0.29) is 40.3 Å². The highest BCUT2D eigenvalue weighted by atomic mass is 32.2. The van der Waals surface area contributed by atoms with Crippen LogP contribution in [-0.4, -0.2) is 53.9 Å². The van der Waals surface area contributed by atoms with Crippen LogP contribution in [0.25, 0.3) is 32.9 Å². The lowest BCUT2D eigenvalue weighted by Gasteiger charge is -2.12. The monoisotopic (exact) mass is 640 g/mol. The van der Waals surface area contributed by atoms with Crippen LogP contribution in [0.5, 0.6) is 6.01 Å². The van der Waals surface area contributed by atoms with Gasteiger partial charge in [-0.3, -0.25) is 9.67 Å². The molecule has 2 aromatic carbocycles. The van der Waals surface area contributed by atoms with E-state index in [4.69, 9.17) is 11.2 Å². The van der Waals surface area contributed by atoms with Gasteiger partial charge in [-0.15, -0.1) is 15.6 Å². The molecule has 6 aromatic rings.